The van der Waals surface area contributed by atoms with E-state index in [0.29, 0.717) is 6.10 Å². The number of fused-ring (bicyclic) bond motifs is 2. The van der Waals surface area contributed by atoms with Crippen LogP contribution in [0.5, 0.6) is 0 Å². The van der Waals surface area contributed by atoms with Crippen LogP contribution in [0.4, 0.5) is 0 Å². The molecule has 40 valence electrons. The molecule has 1 saturated carbocycles. The largest absolute Gasteiger partial charge is 0.236 e. The van der Waals surface area contributed by atoms with Crippen LogP contribution in [-0.4, -0.2) is 12.7 Å². The summed E-state index contributed by atoms with van der Waals surface area (Å²) in [6.07, 6.45) is 2.93. The minimum absolute atomic E-state index is 0.457. The monoisotopic (exact) mass is 100 g/mol. The zero-order valence-corrected chi connectivity index (χ0v) is 4.09. The summed E-state index contributed by atoms with van der Waals surface area (Å²) in [5, 5.41) is 0. The molecular formula is C5H8O2. The van der Waals surface area contributed by atoms with Crippen molar-refractivity contribution in [1.82, 2.24) is 0 Å². The van der Waals surface area contributed by atoms with Gasteiger partial charge in [0, 0.05) is 0 Å². The lowest BCUT2D eigenvalue weighted by Crippen LogP contribution is -2.39. The van der Waals surface area contributed by atoms with Crippen LogP contribution in [0.25, 0.3) is 0 Å². The first-order chi connectivity index (χ1) is 3.45. The van der Waals surface area contributed by atoms with E-state index in [1.807, 2.05) is 0 Å². The molecule has 7 heavy (non-hydrogen) atoms. The fraction of sp³-hybridized carbons (Fsp3) is 1.00. The first-order valence-electron chi connectivity index (χ1n) is 2.73. The van der Waals surface area contributed by atoms with Crippen molar-refractivity contribution in [3.8, 4) is 0 Å². The lowest BCUT2D eigenvalue weighted by molar-refractivity contribution is -0.391. The Morgan fingerprint density at radius 2 is 2.14 bits per heavy atom. The standard InChI is InChI=1S/C5H8O2/c1-4-2-5(1)7-6-3-4/h4-5H,1-3H2. The highest BCUT2D eigenvalue weighted by Crippen LogP contribution is 2.34. The minimum atomic E-state index is 0.457. The molecule has 2 saturated heterocycles. The van der Waals surface area contributed by atoms with Crippen LogP contribution in [0.2, 0.25) is 0 Å². The molecule has 0 unspecified atom stereocenters. The summed E-state index contributed by atoms with van der Waals surface area (Å²) >= 11 is 0. The Bertz CT molecular complexity index is 62.6. The van der Waals surface area contributed by atoms with Crippen molar-refractivity contribution in [1.29, 1.82) is 0 Å². The van der Waals surface area contributed by atoms with E-state index >= 15 is 0 Å². The maximum absolute atomic E-state index is 4.84. The fourth-order valence-electron chi connectivity index (χ4n) is 1.12. The number of rotatable bonds is 0. The normalized spacial score (nSPS) is 48.0. The van der Waals surface area contributed by atoms with Gasteiger partial charge in [0.05, 0.1) is 12.7 Å². The van der Waals surface area contributed by atoms with Gasteiger partial charge in [-0.3, -0.25) is 0 Å². The van der Waals surface area contributed by atoms with E-state index in [0.717, 1.165) is 12.5 Å². The molecule has 0 spiro atoms. The van der Waals surface area contributed by atoms with Gasteiger partial charge >= 0.3 is 0 Å². The molecule has 0 aromatic rings. The molecule has 2 heteroatoms. The van der Waals surface area contributed by atoms with E-state index in [2.05, 4.69) is 0 Å². The van der Waals surface area contributed by atoms with Crippen LogP contribution in [0, 0.1) is 5.92 Å². The summed E-state index contributed by atoms with van der Waals surface area (Å²) in [5.74, 6) is 0.832. The second kappa shape index (κ2) is 1.20. The van der Waals surface area contributed by atoms with Gasteiger partial charge in [0.15, 0.2) is 0 Å². The van der Waals surface area contributed by atoms with E-state index in [9.17, 15) is 0 Å². The highest BCUT2D eigenvalue weighted by Gasteiger charge is 2.35. The number of hydrogen-bond acceptors (Lipinski definition) is 2. The Hall–Kier alpha value is -0.0800. The maximum atomic E-state index is 4.84. The Morgan fingerprint density at radius 3 is 2.29 bits per heavy atom. The van der Waals surface area contributed by atoms with Crippen molar-refractivity contribution >= 4 is 0 Å². The second-order valence-electron chi connectivity index (χ2n) is 2.34. The second-order valence-corrected chi connectivity index (χ2v) is 2.34. The van der Waals surface area contributed by atoms with Crippen LogP contribution >= 0.6 is 0 Å². The van der Waals surface area contributed by atoms with Crippen LogP contribution in [0.15, 0.2) is 0 Å². The highest BCUT2D eigenvalue weighted by atomic mass is 17.2. The third kappa shape index (κ3) is 0.469. The quantitative estimate of drug-likeness (QED) is 0.418. The van der Waals surface area contributed by atoms with Gasteiger partial charge in [-0.05, 0) is 18.8 Å². The average Bonchev–Trinajstić information content (AvgIpc) is 1.67. The average molecular weight is 100 g/mol. The van der Waals surface area contributed by atoms with Crippen LogP contribution in [0.3, 0.4) is 0 Å². The van der Waals surface area contributed by atoms with Gasteiger partial charge in [0.25, 0.3) is 0 Å². The Kier molecular flexibility index (Phi) is 0.664. The van der Waals surface area contributed by atoms with E-state index in [4.69, 9.17) is 9.78 Å². The molecule has 0 atom stereocenters. The molecule has 0 N–H and O–H groups in total. The maximum Gasteiger partial charge on any atom is 0.0937 e. The van der Waals surface area contributed by atoms with Gasteiger partial charge in [-0.25, -0.2) is 9.78 Å². The predicted molar refractivity (Wildman–Crippen MR) is 23.5 cm³/mol. The van der Waals surface area contributed by atoms with Gasteiger partial charge in [0.2, 0.25) is 0 Å². The molecule has 2 nitrogen and oxygen atoms in total. The summed E-state index contributed by atoms with van der Waals surface area (Å²) in [4.78, 5) is 9.58. The van der Waals surface area contributed by atoms with Crippen LogP contribution in [0.1, 0.15) is 12.8 Å². The molecule has 2 aliphatic heterocycles. The van der Waals surface area contributed by atoms with E-state index in [1.54, 1.807) is 0 Å². The molecule has 1 aliphatic carbocycles. The fourth-order valence-corrected chi connectivity index (χ4v) is 1.12. The van der Waals surface area contributed by atoms with Gasteiger partial charge in [0.1, 0.15) is 0 Å². The van der Waals surface area contributed by atoms with Crippen molar-refractivity contribution in [3.05, 3.63) is 0 Å². The van der Waals surface area contributed by atoms with Crippen molar-refractivity contribution in [3.63, 3.8) is 0 Å². The third-order valence-corrected chi connectivity index (χ3v) is 1.70. The van der Waals surface area contributed by atoms with Crippen LogP contribution < -0.4 is 0 Å². The van der Waals surface area contributed by atoms with E-state index in [1.165, 1.54) is 12.8 Å². The van der Waals surface area contributed by atoms with Crippen LogP contribution in [-0.2, 0) is 9.78 Å². The van der Waals surface area contributed by atoms with Gasteiger partial charge < -0.3 is 0 Å². The minimum Gasteiger partial charge on any atom is -0.236 e. The Balaban J connectivity index is 1.99. The summed E-state index contributed by atoms with van der Waals surface area (Å²) in [6.45, 7) is 0.830. The Morgan fingerprint density at radius 1 is 1.29 bits per heavy atom. The Labute approximate surface area is 42.3 Å². The van der Waals surface area contributed by atoms with E-state index in [-0.39, 0.29) is 0 Å². The zero-order valence-electron chi connectivity index (χ0n) is 4.09. The van der Waals surface area contributed by atoms with Crippen molar-refractivity contribution < 1.29 is 9.78 Å². The van der Waals surface area contributed by atoms with Crippen molar-refractivity contribution in [2.75, 3.05) is 6.61 Å². The SMILES string of the molecule is C1OOC2CC1C2. The smallest absolute Gasteiger partial charge is 0.0937 e. The van der Waals surface area contributed by atoms with Gasteiger partial charge in [-0.1, -0.05) is 0 Å². The summed E-state index contributed by atoms with van der Waals surface area (Å²) < 4.78 is 0. The molecule has 2 bridgehead atoms. The molecular weight excluding hydrogens is 92.1 g/mol. The molecule has 0 aromatic heterocycles. The van der Waals surface area contributed by atoms with Crippen molar-refractivity contribution in [2.24, 2.45) is 5.92 Å². The molecule has 2 heterocycles. The number of hydrogen-bond donors (Lipinski definition) is 0. The summed E-state index contributed by atoms with van der Waals surface area (Å²) in [7, 11) is 0. The molecule has 0 aromatic carbocycles. The highest BCUT2D eigenvalue weighted by molar-refractivity contribution is 4.80. The molecule has 3 rings (SSSR count). The topological polar surface area (TPSA) is 18.5 Å². The summed E-state index contributed by atoms with van der Waals surface area (Å²) in [6, 6.07) is 0. The molecule has 0 amide bonds. The molecule has 3 aliphatic rings. The van der Waals surface area contributed by atoms with Crippen molar-refractivity contribution in [2.45, 2.75) is 18.9 Å². The first kappa shape index (κ1) is 3.87. The predicted octanol–water partition coefficient (Wildman–Crippen LogP) is 0.727. The van der Waals surface area contributed by atoms with Gasteiger partial charge in [-0.2, -0.15) is 0 Å². The lowest BCUT2D eigenvalue weighted by Gasteiger charge is -2.38. The van der Waals surface area contributed by atoms with E-state index < -0.39 is 0 Å². The third-order valence-electron chi connectivity index (χ3n) is 1.70. The summed E-state index contributed by atoms with van der Waals surface area (Å²) in [5.41, 5.74) is 0. The zero-order chi connectivity index (χ0) is 4.69. The first-order valence-corrected chi connectivity index (χ1v) is 2.73. The van der Waals surface area contributed by atoms with Gasteiger partial charge in [-0.15, -0.1) is 0 Å². The molecule has 3 fully saturated rings. The molecule has 0 radical (unpaired) electrons. The lowest BCUT2D eigenvalue weighted by atomic mass is 9.83.